The molecule has 0 aliphatic heterocycles. The van der Waals surface area contributed by atoms with E-state index in [1.54, 1.807) is 0 Å². The van der Waals surface area contributed by atoms with Crippen molar-refractivity contribution < 1.29 is 9.59 Å². The highest BCUT2D eigenvalue weighted by Crippen LogP contribution is 2.36. The van der Waals surface area contributed by atoms with Crippen molar-refractivity contribution in [3.05, 3.63) is 81.8 Å². The maximum Gasteiger partial charge on any atom is 0.178 e. The van der Waals surface area contributed by atoms with Crippen molar-refractivity contribution in [2.45, 2.75) is 5.92 Å². The summed E-state index contributed by atoms with van der Waals surface area (Å²) in [5.74, 6) is -0.933. The summed E-state index contributed by atoms with van der Waals surface area (Å²) in [7, 11) is 0. The number of ketones is 2. The number of carbonyl (C=O) groups is 2. The Hall–Kier alpha value is -2.26. The van der Waals surface area contributed by atoms with Crippen LogP contribution in [0.15, 0.2) is 65.1 Å². The van der Waals surface area contributed by atoms with Crippen LogP contribution in [-0.2, 0) is 0 Å². The van der Waals surface area contributed by atoms with Crippen LogP contribution in [0.5, 0.6) is 0 Å². The minimum absolute atomic E-state index is 0.108. The monoisotopic (exact) mass is 350 g/mol. The van der Waals surface area contributed by atoms with Crippen LogP contribution in [0.4, 0.5) is 0 Å². The van der Waals surface area contributed by atoms with Gasteiger partial charge in [-0.05, 0) is 40.6 Å². The van der Waals surface area contributed by atoms with Crippen LogP contribution in [0, 0.1) is 0 Å². The molecule has 4 rings (SSSR count). The maximum absolute atomic E-state index is 12.7. The molecule has 3 aromatic carbocycles. The van der Waals surface area contributed by atoms with E-state index in [1.165, 1.54) is 0 Å². The summed E-state index contributed by atoms with van der Waals surface area (Å²) >= 11 is 3.40. The van der Waals surface area contributed by atoms with E-state index in [0.29, 0.717) is 11.1 Å². The van der Waals surface area contributed by atoms with Gasteiger partial charge in [-0.25, -0.2) is 0 Å². The van der Waals surface area contributed by atoms with Crippen LogP contribution in [0.3, 0.4) is 0 Å². The number of carbonyl (C=O) groups excluding carboxylic acids is 2. The van der Waals surface area contributed by atoms with Gasteiger partial charge in [0.25, 0.3) is 0 Å². The normalized spacial score (nSPS) is 14.6. The Bertz CT molecular complexity index is 889. The standard InChI is InChI=1S/C19H11BrO2/c20-14-7-3-6-13(8-14)17-18(21)15-9-11-4-1-2-5-12(11)10-16(15)19(17)22/h1-10,17H. The Morgan fingerprint density at radius 2 is 1.32 bits per heavy atom. The highest BCUT2D eigenvalue weighted by atomic mass is 79.9. The molecule has 0 radical (unpaired) electrons. The fraction of sp³-hybridized carbons (Fsp3) is 0.0526. The largest absolute Gasteiger partial charge is 0.293 e. The molecule has 0 amide bonds. The zero-order valence-electron chi connectivity index (χ0n) is 11.5. The van der Waals surface area contributed by atoms with Crippen LogP contribution < -0.4 is 0 Å². The first-order valence-corrected chi connectivity index (χ1v) is 7.81. The lowest BCUT2D eigenvalue weighted by Gasteiger charge is -2.07. The second-order valence-electron chi connectivity index (χ2n) is 5.46. The summed E-state index contributed by atoms with van der Waals surface area (Å²) < 4.78 is 0.867. The van der Waals surface area contributed by atoms with Gasteiger partial charge in [0.15, 0.2) is 11.6 Å². The van der Waals surface area contributed by atoms with Crippen LogP contribution >= 0.6 is 15.9 Å². The number of benzene rings is 3. The molecule has 0 heterocycles. The van der Waals surface area contributed by atoms with Gasteiger partial charge in [0.05, 0.1) is 0 Å². The summed E-state index contributed by atoms with van der Waals surface area (Å²) in [5.41, 5.74) is 1.81. The first kappa shape index (κ1) is 13.4. The molecule has 0 bridgehead atoms. The SMILES string of the molecule is O=C1c2cc3ccccc3cc2C(=O)C1c1cccc(Br)c1. The van der Waals surface area contributed by atoms with Crippen molar-refractivity contribution in [2.75, 3.05) is 0 Å². The Labute approximate surface area is 135 Å². The Morgan fingerprint density at radius 3 is 1.86 bits per heavy atom. The van der Waals surface area contributed by atoms with E-state index in [4.69, 9.17) is 0 Å². The lowest BCUT2D eigenvalue weighted by Crippen LogP contribution is -2.12. The summed E-state index contributed by atoms with van der Waals surface area (Å²) in [6.07, 6.45) is 0. The molecule has 0 saturated heterocycles. The summed E-state index contributed by atoms with van der Waals surface area (Å²) in [4.78, 5) is 25.5. The number of Topliss-reactive ketones (excluding diaryl/α,β-unsaturated/α-hetero) is 2. The van der Waals surface area contributed by atoms with Crippen molar-refractivity contribution in [1.82, 2.24) is 0 Å². The second-order valence-corrected chi connectivity index (χ2v) is 6.38. The van der Waals surface area contributed by atoms with E-state index in [2.05, 4.69) is 15.9 Å². The molecule has 106 valence electrons. The lowest BCUT2D eigenvalue weighted by atomic mass is 9.94. The minimum Gasteiger partial charge on any atom is -0.293 e. The molecule has 3 aromatic rings. The van der Waals surface area contributed by atoms with Gasteiger partial charge in [0.1, 0.15) is 5.92 Å². The van der Waals surface area contributed by atoms with Crippen LogP contribution in [0.1, 0.15) is 32.2 Å². The predicted molar refractivity (Wildman–Crippen MR) is 89.5 cm³/mol. The Balaban J connectivity index is 1.90. The molecule has 0 spiro atoms. The smallest absolute Gasteiger partial charge is 0.178 e. The molecule has 1 aliphatic rings. The molecule has 3 heteroatoms. The molecular weight excluding hydrogens is 340 g/mol. The molecule has 0 saturated carbocycles. The summed E-state index contributed by atoms with van der Waals surface area (Å²) in [5, 5.41) is 1.97. The predicted octanol–water partition coefficient (Wildman–Crippen LogP) is 4.77. The van der Waals surface area contributed by atoms with Gasteiger partial charge in [0.2, 0.25) is 0 Å². The number of hydrogen-bond donors (Lipinski definition) is 0. The van der Waals surface area contributed by atoms with E-state index in [9.17, 15) is 9.59 Å². The van der Waals surface area contributed by atoms with Gasteiger partial charge < -0.3 is 0 Å². The van der Waals surface area contributed by atoms with Crippen molar-refractivity contribution in [1.29, 1.82) is 0 Å². The molecule has 0 aromatic heterocycles. The van der Waals surface area contributed by atoms with E-state index in [0.717, 1.165) is 20.8 Å². The molecule has 0 fully saturated rings. The first-order valence-electron chi connectivity index (χ1n) is 7.02. The van der Waals surface area contributed by atoms with E-state index in [-0.39, 0.29) is 11.6 Å². The highest BCUT2D eigenvalue weighted by Gasteiger charge is 2.39. The fourth-order valence-electron chi connectivity index (χ4n) is 3.07. The van der Waals surface area contributed by atoms with Crippen molar-refractivity contribution in [2.24, 2.45) is 0 Å². The number of halogens is 1. The topological polar surface area (TPSA) is 34.1 Å². The molecule has 0 N–H and O–H groups in total. The quantitative estimate of drug-likeness (QED) is 0.592. The third kappa shape index (κ3) is 1.93. The van der Waals surface area contributed by atoms with Gasteiger partial charge in [-0.2, -0.15) is 0 Å². The van der Waals surface area contributed by atoms with Gasteiger partial charge in [-0.1, -0.05) is 52.3 Å². The Kier molecular flexibility index (Phi) is 2.98. The molecule has 0 atom stereocenters. The van der Waals surface area contributed by atoms with Crippen LogP contribution in [0.2, 0.25) is 0 Å². The van der Waals surface area contributed by atoms with Crippen LogP contribution in [-0.4, -0.2) is 11.6 Å². The molecular formula is C19H11BrO2. The van der Waals surface area contributed by atoms with Crippen molar-refractivity contribution in [3.63, 3.8) is 0 Å². The fourth-order valence-corrected chi connectivity index (χ4v) is 3.48. The maximum atomic E-state index is 12.7. The van der Waals surface area contributed by atoms with E-state index in [1.807, 2.05) is 60.7 Å². The first-order chi connectivity index (χ1) is 10.6. The third-order valence-electron chi connectivity index (χ3n) is 4.12. The third-order valence-corrected chi connectivity index (χ3v) is 4.62. The van der Waals surface area contributed by atoms with Gasteiger partial charge >= 0.3 is 0 Å². The molecule has 0 unspecified atom stereocenters. The molecule has 2 nitrogen and oxygen atoms in total. The number of rotatable bonds is 1. The number of fused-ring (bicyclic) bond motifs is 2. The van der Waals surface area contributed by atoms with Crippen molar-refractivity contribution in [3.8, 4) is 0 Å². The second kappa shape index (κ2) is 4.89. The van der Waals surface area contributed by atoms with E-state index >= 15 is 0 Å². The van der Waals surface area contributed by atoms with Crippen molar-refractivity contribution >= 4 is 38.3 Å². The Morgan fingerprint density at radius 1 is 0.727 bits per heavy atom. The number of hydrogen-bond acceptors (Lipinski definition) is 2. The van der Waals surface area contributed by atoms with Gasteiger partial charge in [-0.3, -0.25) is 9.59 Å². The highest BCUT2D eigenvalue weighted by molar-refractivity contribution is 9.10. The lowest BCUT2D eigenvalue weighted by molar-refractivity contribution is 0.0890. The summed E-state index contributed by atoms with van der Waals surface area (Å²) in [6, 6.07) is 18.9. The van der Waals surface area contributed by atoms with Gasteiger partial charge in [-0.15, -0.1) is 0 Å². The molecule has 22 heavy (non-hydrogen) atoms. The summed E-state index contributed by atoms with van der Waals surface area (Å²) in [6.45, 7) is 0. The van der Waals surface area contributed by atoms with Crippen LogP contribution in [0.25, 0.3) is 10.8 Å². The molecule has 1 aliphatic carbocycles. The minimum atomic E-state index is -0.718. The average molecular weight is 351 g/mol. The average Bonchev–Trinajstić information content (AvgIpc) is 2.76. The van der Waals surface area contributed by atoms with Gasteiger partial charge in [0, 0.05) is 15.6 Å². The zero-order chi connectivity index (χ0) is 15.3. The van der Waals surface area contributed by atoms with E-state index < -0.39 is 5.92 Å². The zero-order valence-corrected chi connectivity index (χ0v) is 13.1.